The van der Waals surface area contributed by atoms with E-state index in [9.17, 15) is 19.5 Å². The van der Waals surface area contributed by atoms with Crippen molar-refractivity contribution in [1.82, 2.24) is 15.2 Å². The number of aliphatic carboxylic acids is 1. The molecule has 1 saturated carbocycles. The molecular formula is C32H44N4O4. The third-order valence-corrected chi connectivity index (χ3v) is 8.09. The molecule has 2 aromatic rings. The van der Waals surface area contributed by atoms with Crippen molar-refractivity contribution in [3.8, 4) is 0 Å². The minimum atomic E-state index is -1.00. The van der Waals surface area contributed by atoms with Gasteiger partial charge in [0, 0.05) is 29.8 Å². The number of hydrogen-bond donors (Lipinski definition) is 3. The molecule has 2 amide bonds. The minimum Gasteiger partial charge on any atom is -0.480 e. The highest BCUT2D eigenvalue weighted by atomic mass is 16.4. The quantitative estimate of drug-likeness (QED) is 0.429. The molecule has 0 unspecified atom stereocenters. The maximum absolute atomic E-state index is 14.2. The van der Waals surface area contributed by atoms with E-state index in [-0.39, 0.29) is 17.7 Å². The number of aromatic nitrogens is 1. The van der Waals surface area contributed by atoms with Gasteiger partial charge in [-0.15, -0.1) is 0 Å². The van der Waals surface area contributed by atoms with E-state index < -0.39 is 41.0 Å². The molecule has 1 aromatic heterocycles. The highest BCUT2D eigenvalue weighted by molar-refractivity contribution is 5.95. The monoisotopic (exact) mass is 548 g/mol. The fourth-order valence-corrected chi connectivity index (χ4v) is 6.47. The summed E-state index contributed by atoms with van der Waals surface area (Å²) >= 11 is 0. The number of carbonyl (C=O) groups excluding carboxylic acids is 2. The van der Waals surface area contributed by atoms with Gasteiger partial charge in [0.2, 0.25) is 5.91 Å². The summed E-state index contributed by atoms with van der Waals surface area (Å²) in [5, 5.41) is 17.2. The van der Waals surface area contributed by atoms with Crippen LogP contribution in [0.3, 0.4) is 0 Å². The number of carboxylic acids is 1. The Bertz CT molecular complexity index is 1210. The second-order valence-corrected chi connectivity index (χ2v) is 13.4. The van der Waals surface area contributed by atoms with Gasteiger partial charge in [-0.05, 0) is 50.7 Å². The van der Waals surface area contributed by atoms with E-state index >= 15 is 0 Å². The fourth-order valence-electron chi connectivity index (χ4n) is 6.47. The van der Waals surface area contributed by atoms with Gasteiger partial charge in [0.05, 0.1) is 23.3 Å². The van der Waals surface area contributed by atoms with Gasteiger partial charge in [-0.3, -0.25) is 14.6 Å². The molecule has 1 aliphatic carbocycles. The first-order valence-corrected chi connectivity index (χ1v) is 14.4. The van der Waals surface area contributed by atoms with Crippen molar-refractivity contribution in [1.29, 1.82) is 0 Å². The Balaban J connectivity index is 1.81. The van der Waals surface area contributed by atoms with Gasteiger partial charge in [-0.2, -0.15) is 0 Å². The number of carbonyl (C=O) groups is 3. The van der Waals surface area contributed by atoms with Gasteiger partial charge in [0.25, 0.3) is 5.91 Å². The molecule has 2 heterocycles. The lowest BCUT2D eigenvalue weighted by molar-refractivity contribution is -0.154. The second-order valence-electron chi connectivity index (χ2n) is 13.4. The summed E-state index contributed by atoms with van der Waals surface area (Å²) in [6, 6.07) is 9.52. The van der Waals surface area contributed by atoms with Crippen molar-refractivity contribution in [2.75, 3.05) is 5.32 Å². The Labute approximate surface area is 237 Å². The van der Waals surface area contributed by atoms with Crippen molar-refractivity contribution in [3.63, 3.8) is 0 Å². The van der Waals surface area contributed by atoms with Crippen LogP contribution in [0.25, 0.3) is 0 Å². The third kappa shape index (κ3) is 6.48. The fraction of sp³-hybridized carbons (Fsp3) is 0.562. The lowest BCUT2D eigenvalue weighted by Gasteiger charge is -2.36. The first kappa shape index (κ1) is 29.6. The van der Waals surface area contributed by atoms with Gasteiger partial charge >= 0.3 is 5.97 Å². The molecule has 0 radical (unpaired) electrons. The molecule has 216 valence electrons. The first-order chi connectivity index (χ1) is 18.8. The largest absolute Gasteiger partial charge is 0.480 e. The summed E-state index contributed by atoms with van der Waals surface area (Å²) in [6.45, 7) is 11.9. The molecule has 2 fully saturated rings. The average molecular weight is 549 g/mol. The number of anilines is 1. The summed E-state index contributed by atoms with van der Waals surface area (Å²) in [4.78, 5) is 46.1. The molecule has 40 heavy (non-hydrogen) atoms. The Hall–Kier alpha value is -3.42. The van der Waals surface area contributed by atoms with Crippen molar-refractivity contribution < 1.29 is 19.5 Å². The highest BCUT2D eigenvalue weighted by Crippen LogP contribution is 2.50. The van der Waals surface area contributed by atoms with E-state index in [1.165, 1.54) is 6.20 Å². The van der Waals surface area contributed by atoms with Crippen LogP contribution in [-0.2, 0) is 9.59 Å². The van der Waals surface area contributed by atoms with Crippen LogP contribution in [0.4, 0.5) is 5.69 Å². The number of nitrogens with one attached hydrogen (secondary N) is 2. The zero-order valence-corrected chi connectivity index (χ0v) is 24.6. The number of pyridine rings is 1. The summed E-state index contributed by atoms with van der Waals surface area (Å²) < 4.78 is 0. The zero-order chi connectivity index (χ0) is 29.2. The Morgan fingerprint density at radius 1 is 0.950 bits per heavy atom. The normalized spacial score (nSPS) is 24.0. The number of benzene rings is 1. The lowest BCUT2D eigenvalue weighted by atomic mass is 9.72. The molecule has 2 aliphatic rings. The summed E-state index contributed by atoms with van der Waals surface area (Å²) in [5.41, 5.74) is 1.04. The van der Waals surface area contributed by atoms with Gasteiger partial charge in [-0.25, -0.2) is 4.79 Å². The molecular weight excluding hydrogens is 504 g/mol. The maximum atomic E-state index is 14.2. The van der Waals surface area contributed by atoms with E-state index in [2.05, 4.69) is 15.6 Å². The van der Waals surface area contributed by atoms with E-state index in [0.29, 0.717) is 11.3 Å². The third-order valence-electron chi connectivity index (χ3n) is 8.09. The predicted octanol–water partition coefficient (Wildman–Crippen LogP) is 5.67. The van der Waals surface area contributed by atoms with Crippen LogP contribution in [0, 0.1) is 17.3 Å². The Morgan fingerprint density at radius 2 is 1.60 bits per heavy atom. The van der Waals surface area contributed by atoms with Crippen LogP contribution in [0.15, 0.2) is 48.8 Å². The highest BCUT2D eigenvalue weighted by Gasteiger charge is 2.58. The van der Waals surface area contributed by atoms with Crippen molar-refractivity contribution in [2.45, 2.75) is 97.3 Å². The van der Waals surface area contributed by atoms with Crippen LogP contribution in [-0.4, -0.2) is 50.4 Å². The predicted molar refractivity (Wildman–Crippen MR) is 156 cm³/mol. The molecule has 1 aromatic carbocycles. The topological polar surface area (TPSA) is 112 Å². The number of likely N-dealkylation sites (tertiary alicyclic amines) is 1. The van der Waals surface area contributed by atoms with Crippen LogP contribution in [0.5, 0.6) is 0 Å². The van der Waals surface area contributed by atoms with Gasteiger partial charge in [-0.1, -0.05) is 70.4 Å². The number of hydrogen-bond acceptors (Lipinski definition) is 5. The van der Waals surface area contributed by atoms with Crippen LogP contribution in [0.1, 0.15) is 95.6 Å². The van der Waals surface area contributed by atoms with E-state index in [0.717, 1.165) is 37.7 Å². The Morgan fingerprint density at radius 3 is 2.17 bits per heavy atom. The van der Waals surface area contributed by atoms with Gasteiger partial charge in [0.1, 0.15) is 6.04 Å². The molecule has 0 spiro atoms. The molecule has 4 rings (SSSR count). The smallest absolute Gasteiger partial charge is 0.326 e. The number of nitrogens with zero attached hydrogens (tertiary/aromatic N) is 2. The maximum Gasteiger partial charge on any atom is 0.326 e. The van der Waals surface area contributed by atoms with Gasteiger partial charge < -0.3 is 20.6 Å². The molecule has 3 N–H and O–H groups in total. The number of rotatable bonds is 6. The van der Waals surface area contributed by atoms with E-state index in [4.69, 9.17) is 0 Å². The van der Waals surface area contributed by atoms with Crippen LogP contribution in [0.2, 0.25) is 0 Å². The molecule has 1 aliphatic heterocycles. The van der Waals surface area contributed by atoms with Crippen molar-refractivity contribution in [2.24, 2.45) is 17.3 Å². The van der Waals surface area contributed by atoms with Crippen molar-refractivity contribution in [3.05, 3.63) is 59.9 Å². The Kier molecular flexibility index (Phi) is 8.57. The van der Waals surface area contributed by atoms with Crippen LogP contribution < -0.4 is 10.6 Å². The van der Waals surface area contributed by atoms with Crippen LogP contribution >= 0.6 is 0 Å². The first-order valence-electron chi connectivity index (χ1n) is 14.4. The summed E-state index contributed by atoms with van der Waals surface area (Å²) in [5.74, 6) is -1.90. The number of carboxylic acid groups (broad SMARTS) is 1. The number of amides is 2. The zero-order valence-electron chi connectivity index (χ0n) is 24.6. The lowest BCUT2D eigenvalue weighted by Crippen LogP contribution is -2.49. The summed E-state index contributed by atoms with van der Waals surface area (Å²) in [6.07, 6.45) is 7.82. The van der Waals surface area contributed by atoms with E-state index in [1.54, 1.807) is 17.2 Å². The van der Waals surface area contributed by atoms with Gasteiger partial charge in [0.15, 0.2) is 0 Å². The molecule has 0 bridgehead atoms. The molecule has 8 heteroatoms. The van der Waals surface area contributed by atoms with Crippen molar-refractivity contribution >= 4 is 23.5 Å². The average Bonchev–Trinajstić information content (AvgIpc) is 3.24. The standard InChI is InChI=1S/C32H44N4O4/c1-31(2,3)24-25(34-23-17-22(18-33-19-23)28(37)35-32(4,5)6)26(20-13-9-7-10-14-20)36(27(24)30(39)40)29(38)21-15-11-8-12-16-21/h7,9-10,13-14,17-19,21,24-27,34H,8,11-12,15-16H2,1-6H3,(H,35,37)(H,39,40)/t24-,25-,26-,27-/m0/s1. The second kappa shape index (κ2) is 11.6. The molecule has 1 saturated heterocycles. The molecule has 4 atom stereocenters. The minimum absolute atomic E-state index is 0.0732. The molecule has 8 nitrogen and oxygen atoms in total. The van der Waals surface area contributed by atoms with E-state index in [1.807, 2.05) is 71.9 Å². The summed E-state index contributed by atoms with van der Waals surface area (Å²) in [7, 11) is 0. The SMILES string of the molecule is CC(C)(C)NC(=O)c1cncc(N[C@H]2[C@H](C(C)(C)C)[C@@H](C(=O)O)N(C(=O)C3CCCCC3)[C@H]2c2ccccc2)c1.